The maximum absolute atomic E-state index is 6.13. The molecule has 0 heterocycles. The highest BCUT2D eigenvalue weighted by molar-refractivity contribution is 6.18. The monoisotopic (exact) mass is 424 g/mol. The van der Waals surface area contributed by atoms with Crippen molar-refractivity contribution >= 4 is 11.6 Å². The summed E-state index contributed by atoms with van der Waals surface area (Å²) in [6, 6.07) is 26.1. The molecule has 0 radical (unpaired) electrons. The van der Waals surface area contributed by atoms with Crippen LogP contribution in [0, 0.1) is 0 Å². The number of para-hydroxylation sites is 1. The Kier molecular flexibility index (Phi) is 8.18. The third kappa shape index (κ3) is 6.25. The van der Waals surface area contributed by atoms with Gasteiger partial charge in [-0.2, -0.15) is 0 Å². The van der Waals surface area contributed by atoms with E-state index in [-0.39, 0.29) is 5.41 Å². The lowest BCUT2D eigenvalue weighted by atomic mass is 9.81. The van der Waals surface area contributed by atoms with E-state index in [9.17, 15) is 0 Å². The van der Waals surface area contributed by atoms with Gasteiger partial charge in [0.2, 0.25) is 0 Å². The molecule has 158 valence electrons. The Bertz CT molecular complexity index is 896. The van der Waals surface area contributed by atoms with Crippen molar-refractivity contribution in [1.82, 2.24) is 0 Å². The minimum atomic E-state index is -0.0663. The first kappa shape index (κ1) is 22.2. The van der Waals surface area contributed by atoms with Crippen LogP contribution in [0.25, 0.3) is 0 Å². The fraction of sp³-hybridized carbons (Fsp3) is 0.308. The van der Waals surface area contributed by atoms with Gasteiger partial charge in [0.15, 0.2) is 0 Å². The maximum atomic E-state index is 6.13. The smallest absolute Gasteiger partial charge is 0.127 e. The zero-order chi connectivity index (χ0) is 21.2. The summed E-state index contributed by atoms with van der Waals surface area (Å²) in [6.45, 7) is 6.11. The van der Waals surface area contributed by atoms with Gasteiger partial charge in [-0.3, -0.25) is 0 Å². The SMILES string of the molecule is CCC(C)(COCc1cccc(Oc2ccccc2)c1)c1ccc(OCCCl)cc1. The van der Waals surface area contributed by atoms with E-state index < -0.39 is 0 Å². The third-order valence-corrected chi connectivity index (χ3v) is 5.40. The van der Waals surface area contributed by atoms with Gasteiger partial charge in [0, 0.05) is 5.41 Å². The lowest BCUT2D eigenvalue weighted by Crippen LogP contribution is -2.27. The molecule has 30 heavy (non-hydrogen) atoms. The fourth-order valence-electron chi connectivity index (χ4n) is 3.22. The van der Waals surface area contributed by atoms with Crippen LogP contribution in [0.1, 0.15) is 31.4 Å². The highest BCUT2D eigenvalue weighted by atomic mass is 35.5. The molecular weight excluding hydrogens is 396 g/mol. The number of ether oxygens (including phenoxy) is 3. The van der Waals surface area contributed by atoms with Gasteiger partial charge < -0.3 is 14.2 Å². The largest absolute Gasteiger partial charge is 0.492 e. The average Bonchev–Trinajstić information content (AvgIpc) is 2.79. The third-order valence-electron chi connectivity index (χ3n) is 5.24. The Morgan fingerprint density at radius 1 is 0.833 bits per heavy atom. The van der Waals surface area contributed by atoms with Crippen molar-refractivity contribution < 1.29 is 14.2 Å². The molecule has 0 aromatic heterocycles. The highest BCUT2D eigenvalue weighted by Crippen LogP contribution is 2.30. The molecule has 0 aliphatic rings. The van der Waals surface area contributed by atoms with E-state index in [1.165, 1.54) is 5.56 Å². The topological polar surface area (TPSA) is 27.7 Å². The van der Waals surface area contributed by atoms with E-state index in [1.807, 2.05) is 60.7 Å². The molecule has 0 saturated carbocycles. The van der Waals surface area contributed by atoms with Crippen LogP contribution in [0.2, 0.25) is 0 Å². The molecule has 3 nitrogen and oxygen atoms in total. The lowest BCUT2D eigenvalue weighted by Gasteiger charge is -2.29. The van der Waals surface area contributed by atoms with E-state index in [0.717, 1.165) is 29.2 Å². The Morgan fingerprint density at radius 3 is 2.27 bits per heavy atom. The fourth-order valence-corrected chi connectivity index (χ4v) is 3.29. The maximum Gasteiger partial charge on any atom is 0.127 e. The molecule has 0 N–H and O–H groups in total. The summed E-state index contributed by atoms with van der Waals surface area (Å²) in [5.74, 6) is 2.97. The number of hydrogen-bond donors (Lipinski definition) is 0. The first-order valence-corrected chi connectivity index (χ1v) is 10.9. The van der Waals surface area contributed by atoms with Crippen LogP contribution in [0.4, 0.5) is 0 Å². The minimum Gasteiger partial charge on any atom is -0.492 e. The van der Waals surface area contributed by atoms with Crippen LogP contribution in [0.5, 0.6) is 17.2 Å². The van der Waals surface area contributed by atoms with Crippen molar-refractivity contribution in [1.29, 1.82) is 0 Å². The van der Waals surface area contributed by atoms with Crippen LogP contribution < -0.4 is 9.47 Å². The van der Waals surface area contributed by atoms with Crippen LogP contribution in [-0.4, -0.2) is 19.1 Å². The molecule has 0 aliphatic heterocycles. The van der Waals surface area contributed by atoms with E-state index in [1.54, 1.807) is 0 Å². The first-order chi connectivity index (χ1) is 14.6. The normalized spacial score (nSPS) is 12.9. The van der Waals surface area contributed by atoms with Crippen molar-refractivity contribution in [3.05, 3.63) is 90.0 Å². The predicted molar refractivity (Wildman–Crippen MR) is 123 cm³/mol. The highest BCUT2D eigenvalue weighted by Gasteiger charge is 2.25. The lowest BCUT2D eigenvalue weighted by molar-refractivity contribution is 0.0747. The average molecular weight is 425 g/mol. The number of halogens is 1. The number of hydrogen-bond acceptors (Lipinski definition) is 3. The van der Waals surface area contributed by atoms with Gasteiger partial charge in [-0.1, -0.05) is 56.3 Å². The van der Waals surface area contributed by atoms with Gasteiger partial charge in [-0.15, -0.1) is 11.6 Å². The molecule has 1 atom stereocenters. The Balaban J connectivity index is 1.58. The van der Waals surface area contributed by atoms with Crippen molar-refractivity contribution in [2.75, 3.05) is 19.1 Å². The summed E-state index contributed by atoms with van der Waals surface area (Å²) in [5.41, 5.74) is 2.26. The van der Waals surface area contributed by atoms with Crippen LogP contribution in [0.15, 0.2) is 78.9 Å². The van der Waals surface area contributed by atoms with Gasteiger partial charge in [0.1, 0.15) is 23.9 Å². The summed E-state index contributed by atoms with van der Waals surface area (Å²) in [6.07, 6.45) is 0.978. The van der Waals surface area contributed by atoms with E-state index >= 15 is 0 Å². The van der Waals surface area contributed by atoms with Gasteiger partial charge in [0.25, 0.3) is 0 Å². The van der Waals surface area contributed by atoms with Crippen molar-refractivity contribution in [3.63, 3.8) is 0 Å². The Morgan fingerprint density at radius 2 is 1.57 bits per heavy atom. The summed E-state index contributed by atoms with van der Waals surface area (Å²) >= 11 is 5.69. The Labute approximate surface area is 184 Å². The number of rotatable bonds is 11. The van der Waals surface area contributed by atoms with Crippen LogP contribution in [0.3, 0.4) is 0 Å². The molecular formula is C26H29ClO3. The molecule has 4 heteroatoms. The van der Waals surface area contributed by atoms with E-state index in [0.29, 0.717) is 25.7 Å². The molecule has 3 aromatic rings. The van der Waals surface area contributed by atoms with Crippen molar-refractivity contribution in [3.8, 4) is 17.2 Å². The zero-order valence-corrected chi connectivity index (χ0v) is 18.4. The van der Waals surface area contributed by atoms with Crippen molar-refractivity contribution in [2.45, 2.75) is 32.3 Å². The minimum absolute atomic E-state index is 0.0663. The Hall–Kier alpha value is -2.49. The predicted octanol–water partition coefficient (Wildman–Crippen LogP) is 6.98. The van der Waals surface area contributed by atoms with Gasteiger partial charge >= 0.3 is 0 Å². The molecule has 0 saturated heterocycles. The first-order valence-electron chi connectivity index (χ1n) is 10.3. The summed E-state index contributed by atoms with van der Waals surface area (Å²) in [4.78, 5) is 0. The molecule has 1 unspecified atom stereocenters. The summed E-state index contributed by atoms with van der Waals surface area (Å²) < 4.78 is 17.6. The van der Waals surface area contributed by atoms with Gasteiger partial charge in [-0.05, 0) is 53.9 Å². The van der Waals surface area contributed by atoms with Crippen molar-refractivity contribution in [2.24, 2.45) is 0 Å². The molecule has 0 bridgehead atoms. The molecule has 0 fully saturated rings. The molecule has 3 rings (SSSR count). The van der Waals surface area contributed by atoms with E-state index in [4.69, 9.17) is 25.8 Å². The summed E-state index contributed by atoms with van der Waals surface area (Å²) in [7, 11) is 0. The van der Waals surface area contributed by atoms with Crippen LogP contribution in [-0.2, 0) is 16.8 Å². The molecule has 0 amide bonds. The summed E-state index contributed by atoms with van der Waals surface area (Å²) in [5, 5.41) is 0. The zero-order valence-electron chi connectivity index (χ0n) is 17.6. The standard InChI is InChI=1S/C26H29ClO3/c1-3-26(2,22-12-14-23(15-13-22)29-17-16-27)20-28-19-21-8-7-11-25(18-21)30-24-9-5-4-6-10-24/h4-15,18H,3,16-17,19-20H2,1-2H3. The number of benzene rings is 3. The quantitative estimate of drug-likeness (QED) is 0.311. The number of alkyl halides is 1. The second-order valence-electron chi connectivity index (χ2n) is 7.53. The second-order valence-corrected chi connectivity index (χ2v) is 7.91. The molecule has 0 spiro atoms. The second kappa shape index (κ2) is 11.1. The van der Waals surface area contributed by atoms with Crippen LogP contribution >= 0.6 is 11.6 Å². The van der Waals surface area contributed by atoms with Gasteiger partial charge in [-0.25, -0.2) is 0 Å². The molecule has 0 aliphatic carbocycles. The van der Waals surface area contributed by atoms with Gasteiger partial charge in [0.05, 0.1) is 19.1 Å². The van der Waals surface area contributed by atoms with E-state index in [2.05, 4.69) is 32.0 Å². The molecule has 3 aromatic carbocycles.